The van der Waals surface area contributed by atoms with E-state index in [-0.39, 0.29) is 23.9 Å². The van der Waals surface area contributed by atoms with Gasteiger partial charge in [0, 0.05) is 18.0 Å². The third-order valence-electron chi connectivity index (χ3n) is 5.70. The Labute approximate surface area is 168 Å². The van der Waals surface area contributed by atoms with Gasteiger partial charge in [-0.2, -0.15) is 5.10 Å². The summed E-state index contributed by atoms with van der Waals surface area (Å²) in [5.74, 6) is -0.0393. The number of carbonyl (C=O) groups excluding carboxylic acids is 2. The Balaban J connectivity index is 1.44. The summed E-state index contributed by atoms with van der Waals surface area (Å²) in [6.07, 6.45) is 7.71. The smallest absolute Gasteiger partial charge is 0.271 e. The van der Waals surface area contributed by atoms with Crippen molar-refractivity contribution in [3.8, 4) is 0 Å². The van der Waals surface area contributed by atoms with Gasteiger partial charge in [0.25, 0.3) is 5.91 Å². The first-order valence-electron chi connectivity index (χ1n) is 10.2. The van der Waals surface area contributed by atoms with Crippen molar-refractivity contribution in [1.82, 2.24) is 25.4 Å². The summed E-state index contributed by atoms with van der Waals surface area (Å²) in [5.41, 5.74) is 2.09. The predicted molar refractivity (Wildman–Crippen MR) is 107 cm³/mol. The molecule has 2 aromatic rings. The lowest BCUT2D eigenvalue weighted by Crippen LogP contribution is -2.39. The normalized spacial score (nSPS) is 20.5. The maximum atomic E-state index is 12.9. The van der Waals surface area contributed by atoms with Crippen LogP contribution in [0.25, 0.3) is 0 Å². The molecule has 1 saturated heterocycles. The number of aromatic nitrogens is 3. The molecule has 150 valence electrons. The molecule has 0 unspecified atom stereocenters. The maximum absolute atomic E-state index is 12.9. The summed E-state index contributed by atoms with van der Waals surface area (Å²) >= 11 is 1.57. The fourth-order valence-corrected chi connectivity index (χ4v) is 4.87. The number of thiazole rings is 1. The molecule has 7 nitrogen and oxygen atoms in total. The minimum Gasteiger partial charge on any atom is -0.348 e. The maximum Gasteiger partial charge on any atom is 0.271 e. The van der Waals surface area contributed by atoms with E-state index >= 15 is 0 Å². The summed E-state index contributed by atoms with van der Waals surface area (Å²) < 4.78 is 0. The minimum atomic E-state index is -0.124. The Kier molecular flexibility index (Phi) is 5.75. The number of piperidine rings is 1. The number of likely N-dealkylation sites (tertiary alicyclic amines) is 1. The molecule has 2 amide bonds. The number of rotatable bonds is 5. The fraction of sp³-hybridized carbons (Fsp3) is 0.600. The second-order valence-electron chi connectivity index (χ2n) is 7.80. The standard InChI is InChI=1S/C20H27N5O2S/c1-13-21-15(12-28-13)10-19(26)25-9-5-4-8-18(25)16-11-17(24-23-16)20(27)22-14-6-2-3-7-14/h11-12,14,18H,2-10H2,1H3,(H,22,27)(H,23,24)/t18-/m0/s1. The average molecular weight is 402 g/mol. The highest BCUT2D eigenvalue weighted by Crippen LogP contribution is 2.31. The Morgan fingerprint density at radius 3 is 2.79 bits per heavy atom. The molecule has 28 heavy (non-hydrogen) atoms. The fourth-order valence-electron chi connectivity index (χ4n) is 4.25. The van der Waals surface area contributed by atoms with E-state index in [1.54, 1.807) is 11.3 Å². The Hall–Kier alpha value is -2.22. The van der Waals surface area contributed by atoms with E-state index in [0.29, 0.717) is 12.1 Å². The highest BCUT2D eigenvalue weighted by atomic mass is 32.1. The lowest BCUT2D eigenvalue weighted by molar-refractivity contribution is -0.134. The van der Waals surface area contributed by atoms with Gasteiger partial charge >= 0.3 is 0 Å². The van der Waals surface area contributed by atoms with E-state index < -0.39 is 0 Å². The van der Waals surface area contributed by atoms with Crippen molar-refractivity contribution in [3.05, 3.63) is 33.5 Å². The van der Waals surface area contributed by atoms with E-state index in [1.165, 1.54) is 12.8 Å². The van der Waals surface area contributed by atoms with Crippen LogP contribution in [0.1, 0.15) is 77.9 Å². The molecule has 2 aliphatic rings. The zero-order valence-electron chi connectivity index (χ0n) is 16.2. The van der Waals surface area contributed by atoms with Crippen molar-refractivity contribution in [2.75, 3.05) is 6.54 Å². The molecule has 1 saturated carbocycles. The van der Waals surface area contributed by atoms with Crippen LogP contribution in [0.4, 0.5) is 0 Å². The SMILES string of the molecule is Cc1nc(CC(=O)N2CCCC[C@H]2c2cc(C(=O)NC3CCCC3)n[nH]2)cs1. The van der Waals surface area contributed by atoms with Gasteiger partial charge in [-0.3, -0.25) is 14.7 Å². The molecule has 2 fully saturated rings. The zero-order chi connectivity index (χ0) is 19.5. The largest absolute Gasteiger partial charge is 0.348 e. The Morgan fingerprint density at radius 1 is 1.25 bits per heavy atom. The van der Waals surface area contributed by atoms with Crippen molar-refractivity contribution in [2.45, 2.75) is 70.4 Å². The first-order chi connectivity index (χ1) is 13.6. The third-order valence-corrected chi connectivity index (χ3v) is 6.52. The van der Waals surface area contributed by atoms with Crippen LogP contribution in [0, 0.1) is 6.92 Å². The molecule has 1 aliphatic carbocycles. The molecule has 4 rings (SSSR count). The number of nitrogens with one attached hydrogen (secondary N) is 2. The number of hydrogen-bond donors (Lipinski definition) is 2. The predicted octanol–water partition coefficient (Wildman–Crippen LogP) is 3.14. The number of amides is 2. The third kappa shape index (κ3) is 4.27. The molecule has 2 N–H and O–H groups in total. The van der Waals surface area contributed by atoms with Crippen LogP contribution < -0.4 is 5.32 Å². The number of hydrogen-bond acceptors (Lipinski definition) is 5. The molecular formula is C20H27N5O2S. The molecule has 3 heterocycles. The van der Waals surface area contributed by atoms with Crippen molar-refractivity contribution < 1.29 is 9.59 Å². The van der Waals surface area contributed by atoms with Crippen molar-refractivity contribution >= 4 is 23.2 Å². The van der Waals surface area contributed by atoms with Gasteiger partial charge in [0.1, 0.15) is 5.69 Å². The van der Waals surface area contributed by atoms with Gasteiger partial charge in [0.05, 0.1) is 28.9 Å². The molecule has 0 spiro atoms. The first kappa shape index (κ1) is 19.1. The van der Waals surface area contributed by atoms with Gasteiger partial charge in [-0.1, -0.05) is 12.8 Å². The molecular weight excluding hydrogens is 374 g/mol. The number of H-pyrrole nitrogens is 1. The van der Waals surface area contributed by atoms with Crippen LogP contribution in [0.2, 0.25) is 0 Å². The lowest BCUT2D eigenvalue weighted by atomic mass is 9.98. The van der Waals surface area contributed by atoms with Gasteiger partial charge in [0.15, 0.2) is 0 Å². The zero-order valence-corrected chi connectivity index (χ0v) is 17.1. The highest BCUT2D eigenvalue weighted by Gasteiger charge is 2.30. The second-order valence-corrected chi connectivity index (χ2v) is 8.86. The van der Waals surface area contributed by atoms with Crippen LogP contribution in [0.15, 0.2) is 11.4 Å². The van der Waals surface area contributed by atoms with Crippen molar-refractivity contribution in [3.63, 3.8) is 0 Å². The van der Waals surface area contributed by atoms with Crippen LogP contribution >= 0.6 is 11.3 Å². The van der Waals surface area contributed by atoms with Gasteiger partial charge in [0.2, 0.25) is 5.91 Å². The van der Waals surface area contributed by atoms with E-state index in [1.807, 2.05) is 23.3 Å². The Morgan fingerprint density at radius 2 is 2.04 bits per heavy atom. The summed E-state index contributed by atoms with van der Waals surface area (Å²) in [6, 6.07) is 2.02. The second kappa shape index (κ2) is 8.43. The molecule has 1 atom stereocenters. The van der Waals surface area contributed by atoms with E-state index in [4.69, 9.17) is 0 Å². The summed E-state index contributed by atoms with van der Waals surface area (Å²) in [7, 11) is 0. The van der Waals surface area contributed by atoms with Crippen molar-refractivity contribution in [2.24, 2.45) is 0 Å². The van der Waals surface area contributed by atoms with E-state index in [0.717, 1.165) is 55.0 Å². The van der Waals surface area contributed by atoms with Crippen LogP contribution in [0.3, 0.4) is 0 Å². The molecule has 0 bridgehead atoms. The van der Waals surface area contributed by atoms with E-state index in [2.05, 4.69) is 20.5 Å². The number of aromatic amines is 1. The summed E-state index contributed by atoms with van der Waals surface area (Å²) in [6.45, 7) is 2.68. The Bertz CT molecular complexity index is 839. The topological polar surface area (TPSA) is 91.0 Å². The minimum absolute atomic E-state index is 0.0542. The molecule has 0 aromatic carbocycles. The quantitative estimate of drug-likeness (QED) is 0.805. The molecule has 1 aliphatic heterocycles. The van der Waals surface area contributed by atoms with E-state index in [9.17, 15) is 9.59 Å². The molecule has 2 aromatic heterocycles. The summed E-state index contributed by atoms with van der Waals surface area (Å²) in [4.78, 5) is 31.7. The van der Waals surface area contributed by atoms with Crippen LogP contribution in [-0.2, 0) is 11.2 Å². The van der Waals surface area contributed by atoms with Gasteiger partial charge in [-0.05, 0) is 45.1 Å². The van der Waals surface area contributed by atoms with Gasteiger partial charge in [-0.15, -0.1) is 11.3 Å². The number of aryl methyl sites for hydroxylation is 1. The summed E-state index contributed by atoms with van der Waals surface area (Å²) in [5, 5.41) is 13.2. The van der Waals surface area contributed by atoms with Crippen LogP contribution in [-0.4, -0.2) is 44.5 Å². The monoisotopic (exact) mass is 401 g/mol. The van der Waals surface area contributed by atoms with Crippen molar-refractivity contribution in [1.29, 1.82) is 0 Å². The number of carbonyl (C=O) groups is 2. The first-order valence-corrected chi connectivity index (χ1v) is 11.0. The number of nitrogens with zero attached hydrogens (tertiary/aromatic N) is 3. The average Bonchev–Trinajstić information content (AvgIpc) is 3.44. The molecule has 0 radical (unpaired) electrons. The lowest BCUT2D eigenvalue weighted by Gasteiger charge is -2.35. The highest BCUT2D eigenvalue weighted by molar-refractivity contribution is 7.09. The van der Waals surface area contributed by atoms with Crippen LogP contribution in [0.5, 0.6) is 0 Å². The molecule has 8 heteroatoms. The van der Waals surface area contributed by atoms with Gasteiger partial charge < -0.3 is 10.2 Å². The van der Waals surface area contributed by atoms with Gasteiger partial charge in [-0.25, -0.2) is 4.98 Å².